The number of hydrogen-bond donors (Lipinski definition) is 1. The van der Waals surface area contributed by atoms with Crippen LogP contribution in [0.25, 0.3) is 0 Å². The van der Waals surface area contributed by atoms with E-state index in [9.17, 15) is 4.39 Å². The van der Waals surface area contributed by atoms with Gasteiger partial charge in [0.2, 0.25) is 0 Å². The number of nitrogens with two attached hydrogens (primary N) is 1. The molecule has 1 atom stereocenters. The molecule has 1 fully saturated rings. The minimum absolute atomic E-state index is 0.565. The Hall–Kier alpha value is -1.09. The van der Waals surface area contributed by atoms with Gasteiger partial charge in [-0.1, -0.05) is 18.2 Å². The molecular weight excluding hydrogens is 181 g/mol. The van der Waals surface area contributed by atoms with Gasteiger partial charge in [0.1, 0.15) is 11.9 Å². The molecule has 1 saturated carbocycles. The van der Waals surface area contributed by atoms with Gasteiger partial charge in [-0.2, -0.15) is 0 Å². The number of para-hydroxylation sites is 1. The number of benzene rings is 1. The van der Waals surface area contributed by atoms with Crippen molar-refractivity contribution in [2.24, 2.45) is 5.73 Å². The lowest BCUT2D eigenvalue weighted by Gasteiger charge is -2.17. The molecule has 0 aliphatic heterocycles. The molecule has 1 aromatic rings. The van der Waals surface area contributed by atoms with Gasteiger partial charge in [0.05, 0.1) is 12.6 Å². The van der Waals surface area contributed by atoms with Crippen LogP contribution in [0, 0.1) is 0 Å². The van der Waals surface area contributed by atoms with E-state index in [1.165, 1.54) is 0 Å². The van der Waals surface area contributed by atoms with E-state index < -0.39 is 11.7 Å². The van der Waals surface area contributed by atoms with E-state index >= 15 is 0 Å². The van der Waals surface area contributed by atoms with E-state index in [4.69, 9.17) is 10.5 Å². The second-order valence-corrected chi connectivity index (χ2v) is 3.84. The Labute approximate surface area is 82.9 Å². The monoisotopic (exact) mass is 195 g/mol. The summed E-state index contributed by atoms with van der Waals surface area (Å²) >= 11 is 0. The summed E-state index contributed by atoms with van der Waals surface area (Å²) in [6.07, 6.45) is 0.400. The van der Waals surface area contributed by atoms with Gasteiger partial charge in [-0.3, -0.25) is 0 Å². The molecule has 0 radical (unpaired) electrons. The van der Waals surface area contributed by atoms with Crippen LogP contribution in [0.4, 0.5) is 4.39 Å². The Morgan fingerprint density at radius 3 is 2.64 bits per heavy atom. The molecule has 1 aliphatic carbocycles. The lowest BCUT2D eigenvalue weighted by molar-refractivity contribution is 0.264. The highest BCUT2D eigenvalue weighted by atomic mass is 19.1. The van der Waals surface area contributed by atoms with Crippen LogP contribution in [0.1, 0.15) is 24.6 Å². The molecule has 1 aliphatic rings. The van der Waals surface area contributed by atoms with E-state index in [-0.39, 0.29) is 0 Å². The first-order valence-corrected chi connectivity index (χ1v) is 4.73. The van der Waals surface area contributed by atoms with Crippen LogP contribution in [0.5, 0.6) is 5.75 Å². The van der Waals surface area contributed by atoms with Crippen LogP contribution in [0.3, 0.4) is 0 Å². The zero-order valence-electron chi connectivity index (χ0n) is 8.16. The number of rotatable bonds is 3. The summed E-state index contributed by atoms with van der Waals surface area (Å²) in [5.74, 6) is 0.580. The molecule has 2 nitrogen and oxygen atoms in total. The average molecular weight is 195 g/mol. The van der Waals surface area contributed by atoms with Crippen molar-refractivity contribution < 1.29 is 9.13 Å². The molecule has 1 unspecified atom stereocenters. The largest absolute Gasteiger partial charge is 0.496 e. The van der Waals surface area contributed by atoms with Gasteiger partial charge >= 0.3 is 0 Å². The van der Waals surface area contributed by atoms with E-state index in [1.54, 1.807) is 25.3 Å². The Morgan fingerprint density at radius 1 is 1.43 bits per heavy atom. The molecule has 2 N–H and O–H groups in total. The van der Waals surface area contributed by atoms with Gasteiger partial charge in [0.25, 0.3) is 0 Å². The zero-order chi connectivity index (χ0) is 10.2. The second kappa shape index (κ2) is 3.24. The molecule has 0 amide bonds. The fourth-order valence-electron chi connectivity index (χ4n) is 1.58. The number of hydrogen-bond acceptors (Lipinski definition) is 2. The van der Waals surface area contributed by atoms with Gasteiger partial charge in [-0.25, -0.2) is 4.39 Å². The first-order chi connectivity index (χ1) is 6.67. The molecule has 0 aromatic heterocycles. The molecule has 14 heavy (non-hydrogen) atoms. The fraction of sp³-hybridized carbons (Fsp3) is 0.455. The lowest BCUT2D eigenvalue weighted by Crippen LogP contribution is -2.28. The third-order valence-electron chi connectivity index (χ3n) is 2.74. The topological polar surface area (TPSA) is 35.2 Å². The van der Waals surface area contributed by atoms with Gasteiger partial charge in [-0.15, -0.1) is 0 Å². The number of methoxy groups -OCH3 is 1. The van der Waals surface area contributed by atoms with E-state index in [2.05, 4.69) is 0 Å². The Bertz CT molecular complexity index is 336. The number of alkyl halides is 1. The fourth-order valence-corrected chi connectivity index (χ4v) is 1.58. The van der Waals surface area contributed by atoms with Crippen LogP contribution in [-0.4, -0.2) is 12.6 Å². The maximum atomic E-state index is 13.9. The lowest BCUT2D eigenvalue weighted by atomic mass is 10.0. The predicted octanol–water partition coefficient (Wildman–Crippen LogP) is 2.20. The number of halogens is 1. The minimum atomic E-state index is -1.11. The highest BCUT2D eigenvalue weighted by Crippen LogP contribution is 2.47. The second-order valence-electron chi connectivity index (χ2n) is 3.84. The van der Waals surface area contributed by atoms with Gasteiger partial charge < -0.3 is 10.5 Å². The predicted molar refractivity (Wildman–Crippen MR) is 53.0 cm³/mol. The summed E-state index contributed by atoms with van der Waals surface area (Å²) in [7, 11) is 1.54. The quantitative estimate of drug-likeness (QED) is 0.802. The third-order valence-corrected chi connectivity index (χ3v) is 2.74. The first-order valence-electron chi connectivity index (χ1n) is 4.73. The molecular formula is C11H14FNO. The van der Waals surface area contributed by atoms with Crippen molar-refractivity contribution >= 4 is 0 Å². The average Bonchev–Trinajstić information content (AvgIpc) is 2.97. The molecule has 2 rings (SSSR count). The molecule has 3 heteroatoms. The maximum absolute atomic E-state index is 13.9. The van der Waals surface area contributed by atoms with Crippen molar-refractivity contribution in [3.63, 3.8) is 0 Å². The SMILES string of the molecule is COc1ccccc1C(F)C1(N)CC1. The highest BCUT2D eigenvalue weighted by molar-refractivity contribution is 5.38. The Balaban J connectivity index is 2.30. The summed E-state index contributed by atoms with van der Waals surface area (Å²) < 4.78 is 19.0. The highest BCUT2D eigenvalue weighted by Gasteiger charge is 2.47. The van der Waals surface area contributed by atoms with Crippen LogP contribution in [-0.2, 0) is 0 Å². The van der Waals surface area contributed by atoms with Crippen molar-refractivity contribution in [2.75, 3.05) is 7.11 Å². The van der Waals surface area contributed by atoms with Gasteiger partial charge in [-0.05, 0) is 18.9 Å². The van der Waals surface area contributed by atoms with E-state index in [0.717, 1.165) is 12.8 Å². The third kappa shape index (κ3) is 1.48. The number of ether oxygens (including phenoxy) is 1. The van der Waals surface area contributed by atoms with E-state index in [0.29, 0.717) is 11.3 Å². The molecule has 1 aromatic carbocycles. The van der Waals surface area contributed by atoms with Crippen molar-refractivity contribution in [3.05, 3.63) is 29.8 Å². The molecule has 0 bridgehead atoms. The van der Waals surface area contributed by atoms with E-state index in [1.807, 2.05) is 6.07 Å². The molecule has 76 valence electrons. The summed E-state index contributed by atoms with van der Waals surface area (Å²) in [6.45, 7) is 0. The molecule has 0 heterocycles. The molecule has 0 saturated heterocycles. The zero-order valence-corrected chi connectivity index (χ0v) is 8.16. The van der Waals surface area contributed by atoms with Crippen LogP contribution in [0.2, 0.25) is 0 Å². The summed E-state index contributed by atoms with van der Waals surface area (Å²) in [6, 6.07) is 7.12. The molecule has 0 spiro atoms. The van der Waals surface area contributed by atoms with Crippen molar-refractivity contribution in [2.45, 2.75) is 24.6 Å². The van der Waals surface area contributed by atoms with Crippen molar-refractivity contribution in [3.8, 4) is 5.75 Å². The maximum Gasteiger partial charge on any atom is 0.147 e. The van der Waals surface area contributed by atoms with Crippen LogP contribution in [0.15, 0.2) is 24.3 Å². The van der Waals surface area contributed by atoms with Crippen LogP contribution < -0.4 is 10.5 Å². The Morgan fingerprint density at radius 2 is 2.07 bits per heavy atom. The van der Waals surface area contributed by atoms with Gasteiger partial charge in [0, 0.05) is 5.56 Å². The van der Waals surface area contributed by atoms with Crippen molar-refractivity contribution in [1.29, 1.82) is 0 Å². The summed E-state index contributed by atoms with van der Waals surface area (Å²) in [5.41, 5.74) is 5.74. The van der Waals surface area contributed by atoms with Gasteiger partial charge in [0.15, 0.2) is 0 Å². The summed E-state index contributed by atoms with van der Waals surface area (Å²) in [5, 5.41) is 0. The normalized spacial score (nSPS) is 20.2. The minimum Gasteiger partial charge on any atom is -0.496 e. The van der Waals surface area contributed by atoms with Crippen LogP contribution >= 0.6 is 0 Å². The Kier molecular flexibility index (Phi) is 2.19. The smallest absolute Gasteiger partial charge is 0.147 e. The van der Waals surface area contributed by atoms with Crippen molar-refractivity contribution in [1.82, 2.24) is 0 Å². The first kappa shape index (κ1) is 9.46. The summed E-state index contributed by atoms with van der Waals surface area (Å²) in [4.78, 5) is 0. The standard InChI is InChI=1S/C11H14FNO/c1-14-9-5-3-2-4-8(9)10(12)11(13)6-7-11/h2-5,10H,6-7,13H2,1H3.